The van der Waals surface area contributed by atoms with Crippen LogP contribution in [0.3, 0.4) is 0 Å². The van der Waals surface area contributed by atoms with E-state index in [1.165, 1.54) is 12.1 Å². The number of aromatic nitrogens is 1. The number of aliphatic hydroxyl groups excluding tert-OH is 1. The first-order valence-electron chi connectivity index (χ1n) is 18.9. The lowest BCUT2D eigenvalue weighted by atomic mass is 10.0. The number of phenols is 1. The van der Waals surface area contributed by atoms with E-state index < -0.39 is 12.2 Å². The number of anilines is 2. The fourth-order valence-electron chi connectivity index (χ4n) is 7.65. The van der Waals surface area contributed by atoms with E-state index in [-0.39, 0.29) is 29.9 Å². The van der Waals surface area contributed by atoms with Crippen LogP contribution >= 0.6 is 0 Å². The lowest BCUT2D eigenvalue weighted by Gasteiger charge is -2.31. The van der Waals surface area contributed by atoms with Crippen molar-refractivity contribution in [2.45, 2.75) is 50.9 Å². The topological polar surface area (TPSA) is 156 Å². The van der Waals surface area contributed by atoms with Gasteiger partial charge in [-0.25, -0.2) is 4.79 Å². The first-order chi connectivity index (χ1) is 26.8. The number of piperidine rings is 1. The van der Waals surface area contributed by atoms with E-state index in [1.54, 1.807) is 19.2 Å². The summed E-state index contributed by atoms with van der Waals surface area (Å²) in [5, 5.41) is 28.0. The Hall–Kier alpha value is -5.69. The van der Waals surface area contributed by atoms with Gasteiger partial charge in [0.2, 0.25) is 11.5 Å². The number of nitrogens with zero attached hydrogens (tertiary/aromatic N) is 2. The largest absolute Gasteiger partial charge is 0.506 e. The van der Waals surface area contributed by atoms with Gasteiger partial charge in [0.15, 0.2) is 0 Å². The molecule has 55 heavy (non-hydrogen) atoms. The average molecular weight is 746 g/mol. The molecule has 2 amide bonds. The van der Waals surface area contributed by atoms with Gasteiger partial charge in [-0.1, -0.05) is 54.6 Å². The Morgan fingerprint density at radius 3 is 2.55 bits per heavy atom. The van der Waals surface area contributed by atoms with Gasteiger partial charge in [-0.3, -0.25) is 14.9 Å². The number of likely N-dealkylation sites (tertiary alicyclic amines) is 1. The molecule has 12 heteroatoms. The van der Waals surface area contributed by atoms with E-state index in [0.29, 0.717) is 47.4 Å². The number of aromatic amines is 1. The number of benzene rings is 4. The Bertz CT molecular complexity index is 2200. The molecule has 2 aliphatic heterocycles. The normalized spacial score (nSPS) is 15.1. The van der Waals surface area contributed by atoms with Gasteiger partial charge in [-0.05, 0) is 73.2 Å². The van der Waals surface area contributed by atoms with E-state index in [2.05, 4.69) is 26.6 Å². The third-order valence-electron chi connectivity index (χ3n) is 10.5. The van der Waals surface area contributed by atoms with Crippen LogP contribution in [0.2, 0.25) is 0 Å². The lowest BCUT2D eigenvalue weighted by Crippen LogP contribution is -2.39. The Labute approximate surface area is 319 Å². The molecule has 4 aromatic carbocycles. The number of fused-ring (bicyclic) bond motifs is 2. The lowest BCUT2D eigenvalue weighted by molar-refractivity contribution is -0.118. The van der Waals surface area contributed by atoms with Crippen LogP contribution in [0.15, 0.2) is 95.8 Å². The maximum Gasteiger partial charge on any atom is 0.411 e. The number of para-hydroxylation sites is 1. The summed E-state index contributed by atoms with van der Waals surface area (Å²) < 4.78 is 11.5. The van der Waals surface area contributed by atoms with Gasteiger partial charge < -0.3 is 39.8 Å². The van der Waals surface area contributed by atoms with Crippen LogP contribution in [0, 0.1) is 0 Å². The van der Waals surface area contributed by atoms with Crippen LogP contribution in [0.1, 0.15) is 48.5 Å². The van der Waals surface area contributed by atoms with Gasteiger partial charge in [-0.2, -0.15) is 0 Å². The van der Waals surface area contributed by atoms with E-state index in [1.807, 2.05) is 65.6 Å². The fraction of sp³-hybridized carbons (Fsp3) is 0.326. The molecule has 12 nitrogen and oxygen atoms in total. The molecule has 286 valence electrons. The van der Waals surface area contributed by atoms with Gasteiger partial charge in [-0.15, -0.1) is 0 Å². The maximum absolute atomic E-state index is 13.4. The first-order valence-corrected chi connectivity index (χ1v) is 18.9. The average Bonchev–Trinajstić information content (AvgIpc) is 3.62. The number of nitrogens with one attached hydrogen (secondary N) is 3. The standard InChI is InChI=1S/C43H47N5O7/c1-54-39-25-36-29(24-30(39)26-44-27-38(50)33-13-15-37(49)42-34(33)14-16-40(51)46-42)17-23-48(36)41(52)12-7-20-47-21-18-31(19-22-47)55-43(53)45-35-11-6-5-10-32(35)28-8-3-2-4-9-28/h2-6,8-11,13-16,24-25,31,38,44,49-50H,7,12,17-23,26-27H2,1H3,(H,45,53)(H,46,51)/t38-/m0/s1. The van der Waals surface area contributed by atoms with Gasteiger partial charge in [0.05, 0.1) is 30.1 Å². The third-order valence-corrected chi connectivity index (χ3v) is 10.5. The number of methoxy groups -OCH3 is 1. The number of carbonyl (C=O) groups excluding carboxylic acids is 2. The summed E-state index contributed by atoms with van der Waals surface area (Å²) in [6.07, 6.45) is 1.91. The molecule has 2 aliphatic rings. The number of ether oxygens (including phenoxy) is 2. The molecule has 5 N–H and O–H groups in total. The van der Waals surface area contributed by atoms with Crippen molar-refractivity contribution in [1.82, 2.24) is 15.2 Å². The van der Waals surface area contributed by atoms with Crippen molar-refractivity contribution in [3.63, 3.8) is 0 Å². The highest BCUT2D eigenvalue weighted by molar-refractivity contribution is 5.96. The minimum Gasteiger partial charge on any atom is -0.506 e. The number of aliphatic hydroxyl groups is 1. The van der Waals surface area contributed by atoms with E-state index in [4.69, 9.17) is 9.47 Å². The number of amides is 2. The Kier molecular flexibility index (Phi) is 11.8. The summed E-state index contributed by atoms with van der Waals surface area (Å²) in [5.41, 5.74) is 6.10. The Balaban J connectivity index is 0.855. The molecule has 0 aliphatic carbocycles. The number of phenolic OH excluding ortho intramolecular Hbond substituents is 1. The second kappa shape index (κ2) is 17.2. The van der Waals surface area contributed by atoms with Crippen LogP contribution in [0.4, 0.5) is 16.2 Å². The predicted octanol–water partition coefficient (Wildman–Crippen LogP) is 6.11. The van der Waals surface area contributed by atoms with Crippen molar-refractivity contribution in [3.05, 3.63) is 118 Å². The number of rotatable bonds is 13. The van der Waals surface area contributed by atoms with Crippen molar-refractivity contribution in [2.75, 3.05) is 50.1 Å². The number of pyridine rings is 1. The van der Waals surface area contributed by atoms with Gasteiger partial charge >= 0.3 is 6.09 Å². The number of H-pyrrole nitrogens is 1. The summed E-state index contributed by atoms with van der Waals surface area (Å²) in [6, 6.07) is 27.7. The van der Waals surface area contributed by atoms with E-state index in [0.717, 1.165) is 73.3 Å². The van der Waals surface area contributed by atoms with Crippen LogP contribution in [-0.2, 0) is 22.5 Å². The van der Waals surface area contributed by atoms with Crippen molar-refractivity contribution < 1.29 is 29.3 Å². The number of hydrogen-bond donors (Lipinski definition) is 5. The highest BCUT2D eigenvalue weighted by atomic mass is 16.6. The second-order valence-corrected chi connectivity index (χ2v) is 14.1. The predicted molar refractivity (Wildman–Crippen MR) is 213 cm³/mol. The molecule has 0 spiro atoms. The minimum atomic E-state index is -0.886. The number of carbonyl (C=O) groups is 2. The zero-order chi connectivity index (χ0) is 38.3. The number of aromatic hydroxyl groups is 1. The smallest absolute Gasteiger partial charge is 0.411 e. The van der Waals surface area contributed by atoms with Crippen molar-refractivity contribution in [3.8, 4) is 22.6 Å². The van der Waals surface area contributed by atoms with Gasteiger partial charge in [0.25, 0.3) is 0 Å². The molecule has 1 fully saturated rings. The van der Waals surface area contributed by atoms with Crippen molar-refractivity contribution >= 4 is 34.3 Å². The molecule has 1 atom stereocenters. The highest BCUT2D eigenvalue weighted by Gasteiger charge is 2.28. The van der Waals surface area contributed by atoms with Crippen molar-refractivity contribution in [1.29, 1.82) is 0 Å². The molecule has 0 saturated carbocycles. The molecular weight excluding hydrogens is 699 g/mol. The monoisotopic (exact) mass is 745 g/mol. The molecule has 7 rings (SSSR count). The van der Waals surface area contributed by atoms with Gasteiger partial charge in [0, 0.05) is 67.8 Å². The molecular formula is C43H47N5O7. The van der Waals surface area contributed by atoms with Crippen LogP contribution < -0.4 is 25.8 Å². The molecule has 3 heterocycles. The van der Waals surface area contributed by atoms with Crippen LogP contribution in [0.25, 0.3) is 22.0 Å². The fourth-order valence-corrected chi connectivity index (χ4v) is 7.65. The molecule has 1 aromatic heterocycles. The molecule has 0 radical (unpaired) electrons. The highest BCUT2D eigenvalue weighted by Crippen LogP contribution is 2.36. The minimum absolute atomic E-state index is 0.0559. The summed E-state index contributed by atoms with van der Waals surface area (Å²) in [4.78, 5) is 44.8. The summed E-state index contributed by atoms with van der Waals surface area (Å²) in [7, 11) is 1.61. The Morgan fingerprint density at radius 1 is 0.964 bits per heavy atom. The SMILES string of the molecule is COc1cc2c(cc1CNC[C@H](O)c1ccc(O)c3[nH]c(=O)ccc13)CCN2C(=O)CCCN1CCC(OC(=O)Nc2ccccc2-c2ccccc2)CC1. The summed E-state index contributed by atoms with van der Waals surface area (Å²) in [5.74, 6) is 0.690. The summed E-state index contributed by atoms with van der Waals surface area (Å²) >= 11 is 0. The second-order valence-electron chi connectivity index (χ2n) is 14.1. The molecule has 0 unspecified atom stereocenters. The number of hydrogen-bond acceptors (Lipinski definition) is 9. The third kappa shape index (κ3) is 8.83. The van der Waals surface area contributed by atoms with Crippen molar-refractivity contribution in [2.24, 2.45) is 0 Å². The zero-order valence-electron chi connectivity index (χ0n) is 30.9. The van der Waals surface area contributed by atoms with E-state index >= 15 is 0 Å². The molecule has 1 saturated heterocycles. The maximum atomic E-state index is 13.4. The molecule has 0 bridgehead atoms. The quantitative estimate of drug-likeness (QED) is 0.0959. The summed E-state index contributed by atoms with van der Waals surface area (Å²) in [6.45, 7) is 3.68. The Morgan fingerprint density at radius 2 is 1.75 bits per heavy atom. The van der Waals surface area contributed by atoms with E-state index in [9.17, 15) is 24.6 Å². The van der Waals surface area contributed by atoms with Crippen LogP contribution in [0.5, 0.6) is 11.5 Å². The van der Waals surface area contributed by atoms with Crippen LogP contribution in [-0.4, -0.2) is 78.0 Å². The zero-order valence-corrected chi connectivity index (χ0v) is 30.9. The van der Waals surface area contributed by atoms with Gasteiger partial charge in [0.1, 0.15) is 17.6 Å². The molecule has 5 aromatic rings. The first kappa shape index (κ1) is 37.6.